The maximum Gasteiger partial charge on any atom is 0.243 e. The summed E-state index contributed by atoms with van der Waals surface area (Å²) >= 11 is 0. The molecule has 0 aliphatic heterocycles. The molecule has 2 amide bonds. The third kappa shape index (κ3) is 7.14. The second-order valence-electron chi connectivity index (χ2n) is 8.32. The maximum absolute atomic E-state index is 13.4. The van der Waals surface area contributed by atoms with Gasteiger partial charge in [-0.1, -0.05) is 61.9 Å². The summed E-state index contributed by atoms with van der Waals surface area (Å²) in [5.74, 6) is -0.664. The van der Waals surface area contributed by atoms with E-state index in [0.717, 1.165) is 21.9 Å². The first-order valence-electron chi connectivity index (χ1n) is 11.3. The third-order valence-electron chi connectivity index (χ3n) is 5.67. The minimum absolute atomic E-state index is 0.0233. The lowest BCUT2D eigenvalue weighted by atomic mass is 10.1. The predicted octanol–water partition coefficient (Wildman–Crippen LogP) is 3.34. The molecule has 1 N–H and O–H groups in total. The van der Waals surface area contributed by atoms with Gasteiger partial charge in [-0.05, 0) is 44.4 Å². The summed E-state index contributed by atoms with van der Waals surface area (Å²) in [6.45, 7) is 7.46. The highest BCUT2D eigenvalue weighted by Gasteiger charge is 2.32. The Morgan fingerprint density at radius 3 is 2.12 bits per heavy atom. The average Bonchev–Trinajstić information content (AvgIpc) is 2.79. The van der Waals surface area contributed by atoms with Crippen molar-refractivity contribution in [3.05, 3.63) is 65.7 Å². The van der Waals surface area contributed by atoms with Crippen LogP contribution in [0.2, 0.25) is 0 Å². The van der Waals surface area contributed by atoms with Gasteiger partial charge in [0.1, 0.15) is 6.04 Å². The summed E-state index contributed by atoms with van der Waals surface area (Å²) in [5.41, 5.74) is 1.81. The minimum Gasteiger partial charge on any atom is -0.352 e. The van der Waals surface area contributed by atoms with Gasteiger partial charge in [0.15, 0.2) is 0 Å². The van der Waals surface area contributed by atoms with Gasteiger partial charge in [-0.25, -0.2) is 8.42 Å². The number of amides is 2. The maximum atomic E-state index is 13.4. The zero-order valence-corrected chi connectivity index (χ0v) is 20.9. The smallest absolute Gasteiger partial charge is 0.243 e. The molecule has 180 valence electrons. The van der Waals surface area contributed by atoms with Gasteiger partial charge in [0, 0.05) is 19.6 Å². The van der Waals surface area contributed by atoms with Gasteiger partial charge < -0.3 is 10.2 Å². The number of nitrogens with zero attached hydrogens (tertiary/aromatic N) is 2. The van der Waals surface area contributed by atoms with Crippen LogP contribution in [0.5, 0.6) is 0 Å². The lowest BCUT2D eigenvalue weighted by molar-refractivity contribution is -0.141. The van der Waals surface area contributed by atoms with E-state index in [0.29, 0.717) is 6.42 Å². The Balaban J connectivity index is 2.29. The topological polar surface area (TPSA) is 86.8 Å². The molecule has 2 aromatic rings. The molecule has 0 fully saturated rings. The number of aryl methyl sites for hydroxylation is 1. The lowest BCUT2D eigenvalue weighted by Crippen LogP contribution is -2.53. The van der Waals surface area contributed by atoms with Crippen molar-refractivity contribution in [3.8, 4) is 0 Å². The Kier molecular flexibility index (Phi) is 9.61. The van der Waals surface area contributed by atoms with Gasteiger partial charge >= 0.3 is 0 Å². The molecule has 0 aromatic heterocycles. The van der Waals surface area contributed by atoms with Crippen molar-refractivity contribution in [2.45, 2.75) is 64.1 Å². The fraction of sp³-hybridized carbons (Fsp3) is 0.440. The Morgan fingerprint density at radius 1 is 0.970 bits per heavy atom. The van der Waals surface area contributed by atoms with Crippen LogP contribution in [-0.4, -0.2) is 55.1 Å². The Morgan fingerprint density at radius 2 is 1.58 bits per heavy atom. The van der Waals surface area contributed by atoms with Crippen molar-refractivity contribution >= 4 is 21.8 Å². The van der Waals surface area contributed by atoms with Crippen molar-refractivity contribution in [2.75, 3.05) is 13.6 Å². The molecule has 0 aliphatic rings. The molecular formula is C25H35N3O4S. The van der Waals surface area contributed by atoms with Crippen LogP contribution in [0.15, 0.2) is 59.5 Å². The second-order valence-corrected chi connectivity index (χ2v) is 10.4. The van der Waals surface area contributed by atoms with E-state index in [1.165, 1.54) is 24.1 Å². The van der Waals surface area contributed by atoms with E-state index in [2.05, 4.69) is 5.32 Å². The number of benzene rings is 2. The largest absolute Gasteiger partial charge is 0.352 e. The van der Waals surface area contributed by atoms with E-state index in [1.807, 2.05) is 58.0 Å². The van der Waals surface area contributed by atoms with Crippen LogP contribution in [0.25, 0.3) is 0 Å². The van der Waals surface area contributed by atoms with Gasteiger partial charge in [0.25, 0.3) is 0 Å². The highest BCUT2D eigenvalue weighted by molar-refractivity contribution is 7.89. The van der Waals surface area contributed by atoms with Crippen LogP contribution in [0.1, 0.15) is 44.7 Å². The van der Waals surface area contributed by atoms with Crippen LogP contribution < -0.4 is 5.32 Å². The summed E-state index contributed by atoms with van der Waals surface area (Å²) < 4.78 is 27.0. The van der Waals surface area contributed by atoms with Crippen molar-refractivity contribution in [2.24, 2.45) is 0 Å². The van der Waals surface area contributed by atoms with Gasteiger partial charge in [-0.2, -0.15) is 4.31 Å². The molecule has 0 heterocycles. The normalized spacial score (nSPS) is 13.4. The lowest BCUT2D eigenvalue weighted by Gasteiger charge is -2.32. The van der Waals surface area contributed by atoms with E-state index in [9.17, 15) is 18.0 Å². The minimum atomic E-state index is -3.85. The number of hydrogen-bond donors (Lipinski definition) is 1. The zero-order valence-electron chi connectivity index (χ0n) is 20.1. The number of nitrogens with one attached hydrogen (secondary N) is 1. The van der Waals surface area contributed by atoms with E-state index in [4.69, 9.17) is 0 Å². The standard InChI is InChI=1S/C25H35N3O4S/c1-6-20(4)26-25(30)23(7-2)28(17-21-11-9-8-10-12-21)24(29)18-27(5)33(31,32)22-15-13-19(3)14-16-22/h8-16,20,23H,6-7,17-18H2,1-5H3,(H,26,30)/t20-,23-/m0/s1. The molecule has 0 saturated carbocycles. The molecule has 0 saturated heterocycles. The molecule has 0 unspecified atom stereocenters. The Hall–Kier alpha value is -2.71. The van der Waals surface area contributed by atoms with Crippen LogP contribution in [-0.2, 0) is 26.2 Å². The van der Waals surface area contributed by atoms with Crippen LogP contribution in [0.4, 0.5) is 0 Å². The number of rotatable bonds is 11. The summed E-state index contributed by atoms with van der Waals surface area (Å²) in [6, 6.07) is 15.1. The molecule has 2 rings (SSSR count). The van der Waals surface area contributed by atoms with E-state index >= 15 is 0 Å². The fourth-order valence-corrected chi connectivity index (χ4v) is 4.52. The van der Waals surface area contributed by atoms with E-state index in [1.54, 1.807) is 12.1 Å². The summed E-state index contributed by atoms with van der Waals surface area (Å²) in [5, 5.41) is 2.95. The first-order chi connectivity index (χ1) is 15.6. The SMILES string of the molecule is CC[C@H](C)NC(=O)[C@H](CC)N(Cc1ccccc1)C(=O)CN(C)S(=O)(=O)c1ccc(C)cc1. The average molecular weight is 474 g/mol. The van der Waals surface area contributed by atoms with Crippen molar-refractivity contribution < 1.29 is 18.0 Å². The van der Waals surface area contributed by atoms with Gasteiger partial charge in [-0.3, -0.25) is 9.59 Å². The molecule has 0 bridgehead atoms. The van der Waals surface area contributed by atoms with Crippen molar-refractivity contribution in [3.63, 3.8) is 0 Å². The number of hydrogen-bond acceptors (Lipinski definition) is 4. The third-order valence-corrected chi connectivity index (χ3v) is 7.49. The fourth-order valence-electron chi connectivity index (χ4n) is 3.40. The molecule has 8 heteroatoms. The van der Waals surface area contributed by atoms with Crippen molar-refractivity contribution in [1.29, 1.82) is 0 Å². The highest BCUT2D eigenvalue weighted by Crippen LogP contribution is 2.17. The molecule has 2 aromatic carbocycles. The molecule has 2 atom stereocenters. The quantitative estimate of drug-likeness (QED) is 0.542. The number of likely N-dealkylation sites (N-methyl/N-ethyl adjacent to an activating group) is 1. The van der Waals surface area contributed by atoms with E-state index in [-0.39, 0.29) is 29.9 Å². The van der Waals surface area contributed by atoms with Gasteiger partial charge in [-0.15, -0.1) is 0 Å². The number of sulfonamides is 1. The molecular weight excluding hydrogens is 438 g/mol. The number of carbonyl (C=O) groups is 2. The van der Waals surface area contributed by atoms with Crippen LogP contribution in [0.3, 0.4) is 0 Å². The Labute approximate surface area is 197 Å². The monoisotopic (exact) mass is 473 g/mol. The Bertz CT molecular complexity index is 1020. The highest BCUT2D eigenvalue weighted by atomic mass is 32.2. The first kappa shape index (κ1) is 26.5. The van der Waals surface area contributed by atoms with Gasteiger partial charge in [0.05, 0.1) is 11.4 Å². The molecule has 0 radical (unpaired) electrons. The summed E-state index contributed by atoms with van der Waals surface area (Å²) in [6.07, 6.45) is 1.18. The summed E-state index contributed by atoms with van der Waals surface area (Å²) in [7, 11) is -2.46. The van der Waals surface area contributed by atoms with Crippen molar-refractivity contribution in [1.82, 2.24) is 14.5 Å². The van der Waals surface area contributed by atoms with Crippen LogP contribution in [0, 0.1) is 6.92 Å². The molecule has 0 spiro atoms. The van der Waals surface area contributed by atoms with E-state index < -0.39 is 22.0 Å². The first-order valence-corrected chi connectivity index (χ1v) is 12.7. The number of carbonyl (C=O) groups excluding carboxylic acids is 2. The molecule has 7 nitrogen and oxygen atoms in total. The molecule has 0 aliphatic carbocycles. The summed E-state index contributed by atoms with van der Waals surface area (Å²) in [4.78, 5) is 28.0. The zero-order chi connectivity index (χ0) is 24.6. The molecule has 33 heavy (non-hydrogen) atoms. The predicted molar refractivity (Wildman–Crippen MR) is 130 cm³/mol. The van der Waals surface area contributed by atoms with Gasteiger partial charge in [0.2, 0.25) is 21.8 Å². The van der Waals surface area contributed by atoms with Crippen LogP contribution >= 0.6 is 0 Å². The second kappa shape index (κ2) is 12.0.